The number of thiazole rings is 1. The fraction of sp³-hybridized carbons (Fsp3) is 0.684. The standard InChI is InChI=1S/C19H29N5O3S/c1-23(2)15(25)13-24-11-6-7-14(16(24)26)21-17(27)19(8-4-3-5-9-19)22-18-20-10-12-28-18/h10,12,14H,3-9,11,13H2,1-2H3,(H,20,22)(H,21,27). The molecule has 0 bridgehead atoms. The molecule has 1 aromatic rings. The average molecular weight is 408 g/mol. The second-order valence-electron chi connectivity index (χ2n) is 7.82. The molecule has 0 aromatic carbocycles. The van der Waals surface area contributed by atoms with Crippen LogP contribution in [-0.4, -0.2) is 71.3 Å². The lowest BCUT2D eigenvalue weighted by atomic mass is 9.80. The molecule has 3 amide bonds. The lowest BCUT2D eigenvalue weighted by Crippen LogP contribution is -2.60. The molecule has 1 saturated heterocycles. The quantitative estimate of drug-likeness (QED) is 0.744. The number of anilines is 1. The minimum atomic E-state index is -0.724. The van der Waals surface area contributed by atoms with Crippen LogP contribution in [0.25, 0.3) is 0 Å². The molecule has 1 aromatic heterocycles. The van der Waals surface area contributed by atoms with Crippen molar-refractivity contribution in [2.45, 2.75) is 56.5 Å². The number of likely N-dealkylation sites (N-methyl/N-ethyl adjacent to an activating group) is 1. The van der Waals surface area contributed by atoms with Crippen LogP contribution in [0.4, 0.5) is 5.13 Å². The van der Waals surface area contributed by atoms with Crippen molar-refractivity contribution >= 4 is 34.2 Å². The molecule has 1 aliphatic heterocycles. The van der Waals surface area contributed by atoms with E-state index in [2.05, 4.69) is 15.6 Å². The van der Waals surface area contributed by atoms with Crippen LogP contribution >= 0.6 is 11.3 Å². The topological polar surface area (TPSA) is 94.6 Å². The van der Waals surface area contributed by atoms with Gasteiger partial charge in [-0.2, -0.15) is 0 Å². The zero-order chi connectivity index (χ0) is 20.1. The first-order chi connectivity index (χ1) is 13.4. The summed E-state index contributed by atoms with van der Waals surface area (Å²) in [7, 11) is 3.35. The normalized spacial score (nSPS) is 21.9. The highest BCUT2D eigenvalue weighted by molar-refractivity contribution is 7.13. The van der Waals surface area contributed by atoms with Crippen molar-refractivity contribution in [3.63, 3.8) is 0 Å². The first-order valence-corrected chi connectivity index (χ1v) is 10.8. The summed E-state index contributed by atoms with van der Waals surface area (Å²) in [6.45, 7) is 0.605. The summed E-state index contributed by atoms with van der Waals surface area (Å²) in [4.78, 5) is 45.4. The van der Waals surface area contributed by atoms with Gasteiger partial charge in [-0.25, -0.2) is 4.98 Å². The van der Waals surface area contributed by atoms with E-state index in [0.717, 1.165) is 43.7 Å². The predicted octanol–water partition coefficient (Wildman–Crippen LogP) is 1.45. The zero-order valence-corrected chi connectivity index (χ0v) is 17.4. The fourth-order valence-corrected chi connectivity index (χ4v) is 4.51. The molecule has 1 atom stereocenters. The Labute approximate surface area is 169 Å². The van der Waals surface area contributed by atoms with E-state index in [-0.39, 0.29) is 24.3 Å². The Morgan fingerprint density at radius 3 is 2.68 bits per heavy atom. The van der Waals surface area contributed by atoms with Gasteiger partial charge in [0.1, 0.15) is 11.6 Å². The summed E-state index contributed by atoms with van der Waals surface area (Å²) in [6, 6.07) is -0.576. The van der Waals surface area contributed by atoms with Gasteiger partial charge < -0.3 is 20.4 Å². The van der Waals surface area contributed by atoms with E-state index < -0.39 is 11.6 Å². The van der Waals surface area contributed by atoms with Crippen LogP contribution in [-0.2, 0) is 14.4 Å². The molecule has 0 spiro atoms. The molecule has 1 unspecified atom stereocenters. The van der Waals surface area contributed by atoms with Crippen LogP contribution in [0.2, 0.25) is 0 Å². The number of likely N-dealkylation sites (tertiary alicyclic amines) is 1. The summed E-state index contributed by atoms with van der Waals surface area (Å²) in [6.07, 6.45) is 7.57. The monoisotopic (exact) mass is 407 g/mol. The number of hydrogen-bond acceptors (Lipinski definition) is 6. The Hall–Kier alpha value is -2.16. The third-order valence-corrected chi connectivity index (χ3v) is 6.27. The van der Waals surface area contributed by atoms with Crippen LogP contribution in [0.15, 0.2) is 11.6 Å². The first-order valence-electron chi connectivity index (χ1n) is 9.89. The number of aromatic nitrogens is 1. The van der Waals surface area contributed by atoms with E-state index >= 15 is 0 Å². The molecule has 2 aliphatic rings. The van der Waals surface area contributed by atoms with Crippen LogP contribution in [0, 0.1) is 0 Å². The van der Waals surface area contributed by atoms with Crippen molar-refractivity contribution in [1.29, 1.82) is 0 Å². The number of amides is 3. The van der Waals surface area contributed by atoms with Gasteiger partial charge >= 0.3 is 0 Å². The van der Waals surface area contributed by atoms with E-state index in [0.29, 0.717) is 13.0 Å². The van der Waals surface area contributed by atoms with Gasteiger partial charge in [0.2, 0.25) is 17.7 Å². The summed E-state index contributed by atoms with van der Waals surface area (Å²) in [5.41, 5.74) is -0.724. The van der Waals surface area contributed by atoms with Gasteiger partial charge in [-0.1, -0.05) is 19.3 Å². The molecule has 0 radical (unpaired) electrons. The Bertz CT molecular complexity index is 700. The Morgan fingerprint density at radius 1 is 1.29 bits per heavy atom. The van der Waals surface area contributed by atoms with Crippen molar-refractivity contribution < 1.29 is 14.4 Å². The van der Waals surface area contributed by atoms with Crippen molar-refractivity contribution in [3.05, 3.63) is 11.6 Å². The zero-order valence-electron chi connectivity index (χ0n) is 16.6. The Kier molecular flexibility index (Phi) is 6.53. The highest BCUT2D eigenvalue weighted by Crippen LogP contribution is 2.33. The van der Waals surface area contributed by atoms with Gasteiger partial charge in [-0.15, -0.1) is 11.3 Å². The maximum Gasteiger partial charge on any atom is 0.246 e. The maximum absolute atomic E-state index is 13.3. The SMILES string of the molecule is CN(C)C(=O)CN1CCCC(NC(=O)C2(Nc3nccs3)CCCCC2)C1=O. The van der Waals surface area contributed by atoms with Crippen LogP contribution < -0.4 is 10.6 Å². The van der Waals surface area contributed by atoms with Gasteiger partial charge in [0.25, 0.3) is 0 Å². The van der Waals surface area contributed by atoms with E-state index in [1.54, 1.807) is 25.2 Å². The van der Waals surface area contributed by atoms with Gasteiger partial charge in [-0.3, -0.25) is 14.4 Å². The number of rotatable bonds is 6. The minimum absolute atomic E-state index is 0.0563. The number of carbonyl (C=O) groups excluding carboxylic acids is 3. The van der Waals surface area contributed by atoms with Crippen molar-refractivity contribution in [1.82, 2.24) is 20.1 Å². The second-order valence-corrected chi connectivity index (χ2v) is 8.72. The first kappa shape index (κ1) is 20.6. The lowest BCUT2D eigenvalue weighted by Gasteiger charge is -2.39. The molecular weight excluding hydrogens is 378 g/mol. The van der Waals surface area contributed by atoms with E-state index in [9.17, 15) is 14.4 Å². The Balaban J connectivity index is 1.68. The number of carbonyl (C=O) groups is 3. The summed E-state index contributed by atoms with van der Waals surface area (Å²) >= 11 is 1.47. The molecule has 3 rings (SSSR count). The van der Waals surface area contributed by atoms with Gasteiger partial charge in [0, 0.05) is 32.2 Å². The predicted molar refractivity (Wildman–Crippen MR) is 108 cm³/mol. The van der Waals surface area contributed by atoms with E-state index in [1.165, 1.54) is 16.2 Å². The van der Waals surface area contributed by atoms with Crippen molar-refractivity contribution in [2.75, 3.05) is 32.5 Å². The molecule has 1 aliphatic carbocycles. The molecule has 2 N–H and O–H groups in total. The molecule has 9 heteroatoms. The molecule has 1 saturated carbocycles. The molecule has 28 heavy (non-hydrogen) atoms. The third-order valence-electron chi connectivity index (χ3n) is 5.58. The number of nitrogens with one attached hydrogen (secondary N) is 2. The molecule has 154 valence electrons. The molecule has 2 fully saturated rings. The highest BCUT2D eigenvalue weighted by Gasteiger charge is 2.42. The Morgan fingerprint density at radius 2 is 2.04 bits per heavy atom. The van der Waals surface area contributed by atoms with Crippen LogP contribution in [0.3, 0.4) is 0 Å². The largest absolute Gasteiger partial charge is 0.347 e. The van der Waals surface area contributed by atoms with Crippen molar-refractivity contribution in [2.24, 2.45) is 0 Å². The molecule has 2 heterocycles. The lowest BCUT2D eigenvalue weighted by molar-refractivity contribution is -0.144. The minimum Gasteiger partial charge on any atom is -0.347 e. The highest BCUT2D eigenvalue weighted by atomic mass is 32.1. The van der Waals surface area contributed by atoms with Gasteiger partial charge in [0.15, 0.2) is 5.13 Å². The van der Waals surface area contributed by atoms with Gasteiger partial charge in [-0.05, 0) is 25.7 Å². The van der Waals surface area contributed by atoms with E-state index in [4.69, 9.17) is 0 Å². The summed E-state index contributed by atoms with van der Waals surface area (Å²) in [5, 5.41) is 8.93. The maximum atomic E-state index is 13.3. The number of piperidine rings is 1. The van der Waals surface area contributed by atoms with Gasteiger partial charge in [0.05, 0.1) is 6.54 Å². The second kappa shape index (κ2) is 8.89. The van der Waals surface area contributed by atoms with E-state index in [1.807, 2.05) is 5.38 Å². The fourth-order valence-electron chi connectivity index (χ4n) is 3.89. The van der Waals surface area contributed by atoms with Crippen LogP contribution in [0.5, 0.6) is 0 Å². The van der Waals surface area contributed by atoms with Crippen molar-refractivity contribution in [3.8, 4) is 0 Å². The van der Waals surface area contributed by atoms with Crippen LogP contribution in [0.1, 0.15) is 44.9 Å². The average Bonchev–Trinajstić information content (AvgIpc) is 3.18. The molecular formula is C19H29N5O3S. The number of hydrogen-bond donors (Lipinski definition) is 2. The summed E-state index contributed by atoms with van der Waals surface area (Å²) < 4.78 is 0. The summed E-state index contributed by atoms with van der Waals surface area (Å²) in [5.74, 6) is -0.425. The smallest absolute Gasteiger partial charge is 0.246 e. The molecule has 8 nitrogen and oxygen atoms in total. The third kappa shape index (κ3) is 4.63. The number of nitrogens with zero attached hydrogens (tertiary/aromatic N) is 3.